The predicted octanol–water partition coefficient (Wildman–Crippen LogP) is 3.38. The lowest BCUT2D eigenvalue weighted by Crippen LogP contribution is -2.15. The summed E-state index contributed by atoms with van der Waals surface area (Å²) < 4.78 is 0. The maximum absolute atomic E-state index is 12.2. The highest BCUT2D eigenvalue weighted by molar-refractivity contribution is 8.00. The first kappa shape index (κ1) is 10.7. The monoisotopic (exact) mass is 220 g/mol. The van der Waals surface area contributed by atoms with E-state index in [2.05, 4.69) is 13.0 Å². The smallest absolute Gasteiger partial charge is 0.176 e. The Morgan fingerprint density at radius 1 is 1.40 bits per heavy atom. The largest absolute Gasteiger partial charge is 0.293 e. The number of aryl methyl sites for hydroxylation is 2. The molecule has 0 N–H and O–H groups in total. The van der Waals surface area contributed by atoms with Crippen LogP contribution in [0.2, 0.25) is 0 Å². The fourth-order valence-corrected chi connectivity index (χ4v) is 3.28. The summed E-state index contributed by atoms with van der Waals surface area (Å²) in [5, 5.41) is 0.214. The zero-order valence-corrected chi connectivity index (χ0v) is 10.1. The van der Waals surface area contributed by atoms with E-state index in [0.29, 0.717) is 5.78 Å². The molecule has 0 aliphatic carbocycles. The first-order valence-electron chi connectivity index (χ1n) is 5.41. The molecule has 80 valence electrons. The van der Waals surface area contributed by atoms with E-state index in [1.54, 1.807) is 0 Å². The Morgan fingerprint density at radius 3 is 2.80 bits per heavy atom. The fraction of sp³-hybridized carbons (Fsp3) is 0.462. The highest BCUT2D eigenvalue weighted by atomic mass is 32.2. The topological polar surface area (TPSA) is 17.1 Å². The highest BCUT2D eigenvalue weighted by Crippen LogP contribution is 2.29. The maximum Gasteiger partial charge on any atom is 0.176 e. The van der Waals surface area contributed by atoms with Crippen LogP contribution in [0.1, 0.15) is 34.3 Å². The van der Waals surface area contributed by atoms with Gasteiger partial charge in [-0.15, -0.1) is 0 Å². The summed E-state index contributed by atoms with van der Waals surface area (Å²) in [5.74, 6) is 1.47. The lowest BCUT2D eigenvalue weighted by molar-refractivity contribution is 0.0988. The van der Waals surface area contributed by atoms with E-state index in [1.807, 2.05) is 30.8 Å². The Kier molecular flexibility index (Phi) is 3.15. The minimum absolute atomic E-state index is 0.214. The number of ketones is 1. The van der Waals surface area contributed by atoms with Gasteiger partial charge in [-0.1, -0.05) is 23.8 Å². The molecule has 0 radical (unpaired) electrons. The molecule has 1 unspecified atom stereocenters. The van der Waals surface area contributed by atoms with Crippen LogP contribution in [-0.4, -0.2) is 16.8 Å². The summed E-state index contributed by atoms with van der Waals surface area (Å²) in [7, 11) is 0. The Bertz CT molecular complexity index is 378. The molecule has 0 spiro atoms. The van der Waals surface area contributed by atoms with Gasteiger partial charge in [0.1, 0.15) is 0 Å². The molecule has 0 bridgehead atoms. The molecule has 1 aromatic rings. The zero-order valence-electron chi connectivity index (χ0n) is 9.25. The van der Waals surface area contributed by atoms with Crippen molar-refractivity contribution in [3.8, 4) is 0 Å². The van der Waals surface area contributed by atoms with Crippen LogP contribution in [0.5, 0.6) is 0 Å². The van der Waals surface area contributed by atoms with Gasteiger partial charge < -0.3 is 0 Å². The number of Topliss-reactive ketones (excluding diaryl/α,β-unsaturated/α-hetero) is 1. The van der Waals surface area contributed by atoms with Crippen molar-refractivity contribution in [3.63, 3.8) is 0 Å². The molecule has 15 heavy (non-hydrogen) atoms. The van der Waals surface area contributed by atoms with Crippen molar-refractivity contribution in [1.82, 2.24) is 0 Å². The van der Waals surface area contributed by atoms with Crippen LogP contribution in [0.4, 0.5) is 0 Å². The van der Waals surface area contributed by atoms with Crippen molar-refractivity contribution in [2.24, 2.45) is 0 Å². The molecule has 1 saturated heterocycles. The first-order valence-corrected chi connectivity index (χ1v) is 6.46. The molecular weight excluding hydrogens is 204 g/mol. The van der Waals surface area contributed by atoms with Gasteiger partial charge in [-0.2, -0.15) is 11.8 Å². The lowest BCUT2D eigenvalue weighted by Gasteiger charge is -2.10. The van der Waals surface area contributed by atoms with Crippen molar-refractivity contribution < 1.29 is 4.79 Å². The van der Waals surface area contributed by atoms with Crippen LogP contribution in [0.3, 0.4) is 0 Å². The van der Waals surface area contributed by atoms with Crippen molar-refractivity contribution in [3.05, 3.63) is 34.9 Å². The van der Waals surface area contributed by atoms with E-state index in [9.17, 15) is 4.79 Å². The molecule has 2 heteroatoms. The minimum Gasteiger partial charge on any atom is -0.293 e. The molecule has 1 fully saturated rings. The summed E-state index contributed by atoms with van der Waals surface area (Å²) in [6.45, 7) is 4.09. The molecular formula is C13H16OS. The van der Waals surface area contributed by atoms with Gasteiger partial charge in [-0.05, 0) is 38.0 Å². The SMILES string of the molecule is Cc1ccc(C(=O)C2CCCS2)c(C)c1. The van der Waals surface area contributed by atoms with Gasteiger partial charge in [0.05, 0.1) is 5.25 Å². The number of carbonyl (C=O) groups excluding carboxylic acids is 1. The molecule has 0 aromatic heterocycles. The average molecular weight is 220 g/mol. The highest BCUT2D eigenvalue weighted by Gasteiger charge is 2.25. The van der Waals surface area contributed by atoms with Gasteiger partial charge in [0, 0.05) is 5.56 Å². The normalized spacial score (nSPS) is 20.5. The standard InChI is InChI=1S/C13H16OS/c1-9-5-6-11(10(2)8-9)13(14)12-4-3-7-15-12/h5-6,8,12H,3-4,7H2,1-2H3. The van der Waals surface area contributed by atoms with E-state index < -0.39 is 0 Å². The van der Waals surface area contributed by atoms with Crippen LogP contribution in [0, 0.1) is 13.8 Å². The molecule has 0 saturated carbocycles. The van der Waals surface area contributed by atoms with Crippen LogP contribution in [0.25, 0.3) is 0 Å². The van der Waals surface area contributed by atoms with E-state index >= 15 is 0 Å². The maximum atomic E-state index is 12.2. The number of hydrogen-bond acceptors (Lipinski definition) is 2. The number of hydrogen-bond donors (Lipinski definition) is 0. The van der Waals surface area contributed by atoms with Crippen LogP contribution >= 0.6 is 11.8 Å². The van der Waals surface area contributed by atoms with Crippen molar-refractivity contribution in [2.75, 3.05) is 5.75 Å². The van der Waals surface area contributed by atoms with Crippen molar-refractivity contribution in [1.29, 1.82) is 0 Å². The Hall–Kier alpha value is -0.760. The van der Waals surface area contributed by atoms with E-state index in [-0.39, 0.29) is 5.25 Å². The molecule has 1 aromatic carbocycles. The molecule has 1 heterocycles. The Labute approximate surface area is 95.3 Å². The summed E-state index contributed by atoms with van der Waals surface area (Å²) >= 11 is 1.81. The van der Waals surface area contributed by atoms with E-state index in [1.165, 1.54) is 12.0 Å². The van der Waals surface area contributed by atoms with Crippen molar-refractivity contribution in [2.45, 2.75) is 31.9 Å². The third-order valence-electron chi connectivity index (χ3n) is 2.87. The minimum atomic E-state index is 0.214. The second-order valence-electron chi connectivity index (χ2n) is 4.18. The van der Waals surface area contributed by atoms with Gasteiger partial charge in [-0.25, -0.2) is 0 Å². The Balaban J connectivity index is 2.24. The summed E-state index contributed by atoms with van der Waals surface area (Å²) in [6.07, 6.45) is 2.24. The third-order valence-corrected chi connectivity index (χ3v) is 4.25. The lowest BCUT2D eigenvalue weighted by atomic mass is 9.99. The molecule has 2 rings (SSSR count). The third kappa shape index (κ3) is 2.25. The van der Waals surface area contributed by atoms with Crippen LogP contribution in [0.15, 0.2) is 18.2 Å². The molecule has 1 atom stereocenters. The van der Waals surface area contributed by atoms with Gasteiger partial charge >= 0.3 is 0 Å². The number of benzene rings is 1. The zero-order chi connectivity index (χ0) is 10.8. The number of rotatable bonds is 2. The van der Waals surface area contributed by atoms with Crippen molar-refractivity contribution >= 4 is 17.5 Å². The van der Waals surface area contributed by atoms with Crippen LogP contribution < -0.4 is 0 Å². The number of carbonyl (C=O) groups is 1. The average Bonchev–Trinajstić information content (AvgIpc) is 2.69. The van der Waals surface area contributed by atoms with Gasteiger partial charge in [0.2, 0.25) is 0 Å². The van der Waals surface area contributed by atoms with E-state index in [0.717, 1.165) is 23.3 Å². The summed E-state index contributed by atoms with van der Waals surface area (Å²) in [6, 6.07) is 6.10. The quantitative estimate of drug-likeness (QED) is 0.711. The van der Waals surface area contributed by atoms with E-state index in [4.69, 9.17) is 0 Å². The second-order valence-corrected chi connectivity index (χ2v) is 5.49. The predicted molar refractivity (Wildman–Crippen MR) is 65.7 cm³/mol. The van der Waals surface area contributed by atoms with Gasteiger partial charge in [-0.3, -0.25) is 4.79 Å². The molecule has 0 amide bonds. The summed E-state index contributed by atoms with van der Waals surface area (Å²) in [5.41, 5.74) is 3.26. The fourth-order valence-electron chi connectivity index (χ4n) is 2.05. The van der Waals surface area contributed by atoms with Crippen LogP contribution in [-0.2, 0) is 0 Å². The Morgan fingerprint density at radius 2 is 2.20 bits per heavy atom. The second kappa shape index (κ2) is 4.40. The summed E-state index contributed by atoms with van der Waals surface area (Å²) in [4.78, 5) is 12.2. The molecule has 1 aliphatic heterocycles. The molecule has 1 aliphatic rings. The molecule has 1 nitrogen and oxygen atoms in total. The number of thioether (sulfide) groups is 1. The van der Waals surface area contributed by atoms with Gasteiger partial charge in [0.15, 0.2) is 5.78 Å². The first-order chi connectivity index (χ1) is 7.18. The van der Waals surface area contributed by atoms with Gasteiger partial charge in [0.25, 0.3) is 0 Å².